The van der Waals surface area contributed by atoms with Crippen LogP contribution in [0.1, 0.15) is 31.2 Å². The van der Waals surface area contributed by atoms with Gasteiger partial charge in [0.2, 0.25) is 5.91 Å². The molecule has 3 N–H and O–H groups in total. The normalized spacial score (nSPS) is 17.1. The number of benzene rings is 1. The fourth-order valence-electron chi connectivity index (χ4n) is 2.93. The molecule has 0 unspecified atom stereocenters. The Morgan fingerprint density at radius 3 is 2.55 bits per heavy atom. The van der Waals surface area contributed by atoms with Gasteiger partial charge in [0, 0.05) is 13.6 Å². The quantitative estimate of drug-likeness (QED) is 0.863. The second-order valence-electron chi connectivity index (χ2n) is 5.85. The third kappa shape index (κ3) is 3.97. The van der Waals surface area contributed by atoms with Gasteiger partial charge in [-0.25, -0.2) is 0 Å². The number of carbonyl (C=O) groups excluding carboxylic acids is 1. The number of phenols is 1. The first-order valence-electron chi connectivity index (χ1n) is 7.34. The van der Waals surface area contributed by atoms with Crippen molar-refractivity contribution in [1.82, 2.24) is 4.90 Å². The summed E-state index contributed by atoms with van der Waals surface area (Å²) in [6.45, 7) is 0.822. The Kier molecular flexibility index (Phi) is 5.01. The third-order valence-corrected chi connectivity index (χ3v) is 4.09. The summed E-state index contributed by atoms with van der Waals surface area (Å²) in [5.41, 5.74) is 6.98. The molecule has 1 atom stereocenters. The number of phenolic OH excluding ortho intramolecular Hbond substituents is 1. The van der Waals surface area contributed by atoms with Gasteiger partial charge in [-0.3, -0.25) is 4.79 Å². The molecule has 0 saturated heterocycles. The summed E-state index contributed by atoms with van der Waals surface area (Å²) >= 11 is 0. The zero-order valence-electron chi connectivity index (χ0n) is 12.1. The lowest BCUT2D eigenvalue weighted by Crippen LogP contribution is -2.44. The Bertz CT molecular complexity index is 438. The zero-order valence-corrected chi connectivity index (χ0v) is 12.1. The molecule has 1 fully saturated rings. The standard InChI is InChI=1S/C16H24N2O2/c1-18(11-13-4-2-3-5-13)16(20)15(17)10-12-6-8-14(19)9-7-12/h6-9,13,15,19H,2-5,10-11,17H2,1H3/t15-/m1/s1. The Balaban J connectivity index is 1.85. The minimum atomic E-state index is -0.508. The Hall–Kier alpha value is -1.55. The molecule has 1 aliphatic carbocycles. The van der Waals surface area contributed by atoms with Crippen molar-refractivity contribution in [3.05, 3.63) is 29.8 Å². The highest BCUT2D eigenvalue weighted by molar-refractivity contribution is 5.81. The van der Waals surface area contributed by atoms with Crippen LogP contribution in [0.3, 0.4) is 0 Å². The number of rotatable bonds is 5. The molecule has 2 rings (SSSR count). The lowest BCUT2D eigenvalue weighted by molar-refractivity contribution is -0.131. The minimum Gasteiger partial charge on any atom is -0.508 e. The average molecular weight is 276 g/mol. The highest BCUT2D eigenvalue weighted by atomic mass is 16.3. The molecule has 0 heterocycles. The molecule has 110 valence electrons. The molecule has 0 bridgehead atoms. The van der Waals surface area contributed by atoms with Crippen LogP contribution in [0.25, 0.3) is 0 Å². The third-order valence-electron chi connectivity index (χ3n) is 4.09. The summed E-state index contributed by atoms with van der Waals surface area (Å²) in [6, 6.07) is 6.34. The van der Waals surface area contributed by atoms with Crippen LogP contribution in [-0.2, 0) is 11.2 Å². The van der Waals surface area contributed by atoms with Gasteiger partial charge >= 0.3 is 0 Å². The number of likely N-dealkylation sites (N-methyl/N-ethyl adjacent to an activating group) is 1. The highest BCUT2D eigenvalue weighted by Crippen LogP contribution is 2.25. The van der Waals surface area contributed by atoms with E-state index in [4.69, 9.17) is 5.73 Å². The van der Waals surface area contributed by atoms with E-state index < -0.39 is 6.04 Å². The van der Waals surface area contributed by atoms with E-state index >= 15 is 0 Å². The van der Waals surface area contributed by atoms with Crippen LogP contribution in [0.2, 0.25) is 0 Å². The maximum absolute atomic E-state index is 12.3. The van der Waals surface area contributed by atoms with Gasteiger partial charge in [-0.05, 0) is 42.9 Å². The first-order valence-corrected chi connectivity index (χ1v) is 7.34. The Morgan fingerprint density at radius 1 is 1.35 bits per heavy atom. The summed E-state index contributed by atoms with van der Waals surface area (Å²) < 4.78 is 0. The lowest BCUT2D eigenvalue weighted by atomic mass is 10.0. The van der Waals surface area contributed by atoms with Crippen molar-refractivity contribution in [2.75, 3.05) is 13.6 Å². The van der Waals surface area contributed by atoms with Gasteiger partial charge < -0.3 is 15.7 Å². The largest absolute Gasteiger partial charge is 0.508 e. The van der Waals surface area contributed by atoms with E-state index in [1.165, 1.54) is 25.7 Å². The molecule has 4 nitrogen and oxygen atoms in total. The lowest BCUT2D eigenvalue weighted by Gasteiger charge is -2.24. The summed E-state index contributed by atoms with van der Waals surface area (Å²) in [5.74, 6) is 0.877. The molecule has 0 spiro atoms. The molecule has 4 heteroatoms. The second kappa shape index (κ2) is 6.75. The maximum atomic E-state index is 12.3. The van der Waals surface area contributed by atoms with E-state index in [0.717, 1.165) is 12.1 Å². The van der Waals surface area contributed by atoms with Crippen molar-refractivity contribution < 1.29 is 9.90 Å². The van der Waals surface area contributed by atoms with E-state index in [9.17, 15) is 9.90 Å². The van der Waals surface area contributed by atoms with E-state index in [1.54, 1.807) is 29.2 Å². The molecule has 1 aromatic rings. The first-order chi connectivity index (χ1) is 9.56. The molecule has 1 amide bonds. The molecular weight excluding hydrogens is 252 g/mol. The van der Waals surface area contributed by atoms with E-state index in [0.29, 0.717) is 12.3 Å². The second-order valence-corrected chi connectivity index (χ2v) is 5.85. The average Bonchev–Trinajstić information content (AvgIpc) is 2.93. The van der Waals surface area contributed by atoms with Gasteiger partial charge in [-0.2, -0.15) is 0 Å². The van der Waals surface area contributed by atoms with Gasteiger partial charge in [0.25, 0.3) is 0 Å². The number of carbonyl (C=O) groups is 1. The molecule has 0 aliphatic heterocycles. The fraction of sp³-hybridized carbons (Fsp3) is 0.562. The number of hydrogen-bond acceptors (Lipinski definition) is 3. The molecule has 20 heavy (non-hydrogen) atoms. The molecular formula is C16H24N2O2. The van der Waals surface area contributed by atoms with Gasteiger partial charge in [-0.1, -0.05) is 25.0 Å². The fourth-order valence-corrected chi connectivity index (χ4v) is 2.93. The van der Waals surface area contributed by atoms with E-state index in [-0.39, 0.29) is 11.7 Å². The number of aromatic hydroxyl groups is 1. The summed E-state index contributed by atoms with van der Waals surface area (Å²) in [5, 5.41) is 9.24. The molecule has 1 aliphatic rings. The van der Waals surface area contributed by atoms with Crippen molar-refractivity contribution in [2.45, 2.75) is 38.1 Å². The smallest absolute Gasteiger partial charge is 0.239 e. The predicted octanol–water partition coefficient (Wildman–Crippen LogP) is 1.91. The molecule has 0 aromatic heterocycles. The van der Waals surface area contributed by atoms with Crippen LogP contribution in [0.15, 0.2) is 24.3 Å². The predicted molar refractivity (Wildman–Crippen MR) is 79.4 cm³/mol. The summed E-state index contributed by atoms with van der Waals surface area (Å²) in [7, 11) is 1.84. The number of hydrogen-bond donors (Lipinski definition) is 2. The first kappa shape index (κ1) is 14.9. The van der Waals surface area contributed by atoms with Crippen LogP contribution in [0.4, 0.5) is 0 Å². The van der Waals surface area contributed by atoms with Crippen LogP contribution in [0.5, 0.6) is 5.75 Å². The van der Waals surface area contributed by atoms with Gasteiger partial charge in [0.1, 0.15) is 5.75 Å². The minimum absolute atomic E-state index is 0.00461. The van der Waals surface area contributed by atoms with Crippen molar-refractivity contribution in [1.29, 1.82) is 0 Å². The van der Waals surface area contributed by atoms with Gasteiger partial charge in [0.05, 0.1) is 6.04 Å². The molecule has 0 radical (unpaired) electrons. The maximum Gasteiger partial charge on any atom is 0.239 e. The highest BCUT2D eigenvalue weighted by Gasteiger charge is 2.23. The van der Waals surface area contributed by atoms with Crippen LogP contribution >= 0.6 is 0 Å². The van der Waals surface area contributed by atoms with Crippen molar-refractivity contribution in [3.63, 3.8) is 0 Å². The van der Waals surface area contributed by atoms with Gasteiger partial charge in [0.15, 0.2) is 0 Å². The molecule has 1 saturated carbocycles. The Morgan fingerprint density at radius 2 is 1.95 bits per heavy atom. The summed E-state index contributed by atoms with van der Waals surface area (Å²) in [4.78, 5) is 14.0. The van der Waals surface area contributed by atoms with E-state index in [1.807, 2.05) is 7.05 Å². The zero-order chi connectivity index (χ0) is 14.5. The van der Waals surface area contributed by atoms with Crippen molar-refractivity contribution >= 4 is 5.91 Å². The van der Waals surface area contributed by atoms with Gasteiger partial charge in [-0.15, -0.1) is 0 Å². The molecule has 1 aromatic carbocycles. The Labute approximate surface area is 120 Å². The SMILES string of the molecule is CN(CC1CCCC1)C(=O)[C@H](N)Cc1ccc(O)cc1. The van der Waals surface area contributed by atoms with Crippen LogP contribution in [-0.4, -0.2) is 35.5 Å². The van der Waals surface area contributed by atoms with Crippen molar-refractivity contribution in [3.8, 4) is 5.75 Å². The number of nitrogens with two attached hydrogens (primary N) is 1. The summed E-state index contributed by atoms with van der Waals surface area (Å²) in [6.07, 6.45) is 5.53. The van der Waals surface area contributed by atoms with Crippen LogP contribution in [0, 0.1) is 5.92 Å². The number of nitrogens with zero attached hydrogens (tertiary/aromatic N) is 1. The monoisotopic (exact) mass is 276 g/mol. The van der Waals surface area contributed by atoms with Crippen molar-refractivity contribution in [2.24, 2.45) is 11.7 Å². The number of amides is 1. The van der Waals surface area contributed by atoms with E-state index in [2.05, 4.69) is 0 Å². The van der Waals surface area contributed by atoms with Crippen LogP contribution < -0.4 is 5.73 Å². The topological polar surface area (TPSA) is 66.6 Å².